The van der Waals surface area contributed by atoms with Gasteiger partial charge < -0.3 is 10.6 Å². The zero-order valence-electron chi connectivity index (χ0n) is 15.2. The molecule has 1 aromatic carbocycles. The Morgan fingerprint density at radius 1 is 1.26 bits per heavy atom. The molecule has 140 valence electrons. The lowest BCUT2D eigenvalue weighted by Crippen LogP contribution is -2.19. The number of hydrogen-bond donors (Lipinski definition) is 2. The van der Waals surface area contributed by atoms with Crippen LogP contribution in [0, 0.1) is 13.8 Å². The van der Waals surface area contributed by atoms with E-state index in [-0.39, 0.29) is 18.2 Å². The number of carbonyl (C=O) groups excluding carboxylic acids is 2. The van der Waals surface area contributed by atoms with E-state index in [1.807, 2.05) is 13.8 Å². The Hall–Kier alpha value is -3.00. The van der Waals surface area contributed by atoms with E-state index in [9.17, 15) is 9.59 Å². The number of aromatic nitrogens is 4. The lowest BCUT2D eigenvalue weighted by molar-refractivity contribution is -0.116. The number of aryl methyl sites for hydroxylation is 2. The molecule has 0 bridgehead atoms. The lowest BCUT2D eigenvalue weighted by atomic mass is 10.1. The van der Waals surface area contributed by atoms with Gasteiger partial charge in [-0.2, -0.15) is 10.1 Å². The van der Waals surface area contributed by atoms with Crippen LogP contribution in [0.1, 0.15) is 33.7 Å². The average molecular weight is 387 g/mol. The van der Waals surface area contributed by atoms with Crippen molar-refractivity contribution >= 4 is 34.9 Å². The third-order valence-electron chi connectivity index (χ3n) is 4.31. The Bertz CT molecular complexity index is 1030. The molecule has 0 saturated carbocycles. The molecule has 0 spiro atoms. The molecule has 0 aliphatic rings. The van der Waals surface area contributed by atoms with Gasteiger partial charge in [-0.25, -0.2) is 9.50 Å². The van der Waals surface area contributed by atoms with Gasteiger partial charge in [0.15, 0.2) is 0 Å². The summed E-state index contributed by atoms with van der Waals surface area (Å²) in [5, 5.41) is 9.79. The highest BCUT2D eigenvalue weighted by molar-refractivity contribution is 6.34. The minimum atomic E-state index is -0.311. The van der Waals surface area contributed by atoms with Crippen LogP contribution in [0.3, 0.4) is 0 Å². The molecule has 0 aliphatic carbocycles. The van der Waals surface area contributed by atoms with Crippen molar-refractivity contribution in [2.45, 2.75) is 26.7 Å². The summed E-state index contributed by atoms with van der Waals surface area (Å²) in [5.41, 5.74) is 3.53. The van der Waals surface area contributed by atoms with Gasteiger partial charge in [-0.15, -0.1) is 0 Å². The van der Waals surface area contributed by atoms with Crippen LogP contribution in [0.4, 0.5) is 5.69 Å². The van der Waals surface area contributed by atoms with Crippen molar-refractivity contribution in [3.63, 3.8) is 0 Å². The smallest absolute Gasteiger partial charge is 0.252 e. The van der Waals surface area contributed by atoms with Crippen molar-refractivity contribution in [2.75, 3.05) is 12.4 Å². The van der Waals surface area contributed by atoms with E-state index in [1.54, 1.807) is 22.7 Å². The van der Waals surface area contributed by atoms with Gasteiger partial charge in [-0.1, -0.05) is 11.6 Å². The predicted octanol–water partition coefficient (Wildman–Crippen LogP) is 2.33. The fourth-order valence-corrected chi connectivity index (χ4v) is 3.09. The van der Waals surface area contributed by atoms with E-state index in [0.29, 0.717) is 28.5 Å². The van der Waals surface area contributed by atoms with Crippen LogP contribution in [0.15, 0.2) is 24.5 Å². The van der Waals surface area contributed by atoms with Crippen molar-refractivity contribution < 1.29 is 9.59 Å². The van der Waals surface area contributed by atoms with Gasteiger partial charge in [0, 0.05) is 30.5 Å². The maximum absolute atomic E-state index is 12.4. The summed E-state index contributed by atoms with van der Waals surface area (Å²) in [6, 6.07) is 4.80. The molecular weight excluding hydrogens is 368 g/mol. The second kappa shape index (κ2) is 7.71. The molecular formula is C18H19ClN6O2. The van der Waals surface area contributed by atoms with Crippen LogP contribution >= 0.6 is 11.6 Å². The highest BCUT2D eigenvalue weighted by Gasteiger charge is 2.14. The first-order valence-electron chi connectivity index (χ1n) is 8.38. The summed E-state index contributed by atoms with van der Waals surface area (Å²) in [6.07, 6.45) is 2.24. The molecule has 2 N–H and O–H groups in total. The molecule has 3 aromatic rings. The van der Waals surface area contributed by atoms with Crippen LogP contribution in [0.25, 0.3) is 5.78 Å². The summed E-state index contributed by atoms with van der Waals surface area (Å²) >= 11 is 6.03. The highest BCUT2D eigenvalue weighted by atomic mass is 35.5. The first-order chi connectivity index (χ1) is 12.9. The number of nitrogens with one attached hydrogen (secondary N) is 2. The molecule has 0 fully saturated rings. The van der Waals surface area contributed by atoms with E-state index < -0.39 is 0 Å². The summed E-state index contributed by atoms with van der Waals surface area (Å²) in [7, 11) is 1.52. The number of anilines is 1. The van der Waals surface area contributed by atoms with Crippen LogP contribution in [0.5, 0.6) is 0 Å². The SMILES string of the molecule is CNC(=O)c1cc(NC(=O)CCc2c(C)nc3ncnn3c2C)ccc1Cl. The summed E-state index contributed by atoms with van der Waals surface area (Å²) < 4.78 is 1.66. The van der Waals surface area contributed by atoms with Crippen LogP contribution in [-0.2, 0) is 11.2 Å². The predicted molar refractivity (Wildman–Crippen MR) is 102 cm³/mol. The molecule has 0 unspecified atom stereocenters. The van der Waals surface area contributed by atoms with Gasteiger partial charge in [-0.05, 0) is 44.0 Å². The minimum absolute atomic E-state index is 0.169. The van der Waals surface area contributed by atoms with Crippen molar-refractivity contribution in [3.05, 3.63) is 52.1 Å². The highest BCUT2D eigenvalue weighted by Crippen LogP contribution is 2.21. The second-order valence-corrected chi connectivity index (χ2v) is 6.46. The number of carbonyl (C=O) groups is 2. The Kier molecular flexibility index (Phi) is 5.36. The Morgan fingerprint density at radius 2 is 2.04 bits per heavy atom. The quantitative estimate of drug-likeness (QED) is 0.700. The van der Waals surface area contributed by atoms with Gasteiger partial charge in [0.2, 0.25) is 5.91 Å². The van der Waals surface area contributed by atoms with E-state index in [4.69, 9.17) is 11.6 Å². The average Bonchev–Trinajstić information content (AvgIpc) is 3.11. The number of hydrogen-bond acceptors (Lipinski definition) is 5. The largest absolute Gasteiger partial charge is 0.355 e. The van der Waals surface area contributed by atoms with Gasteiger partial charge in [0.1, 0.15) is 6.33 Å². The van der Waals surface area contributed by atoms with Crippen LogP contribution in [0.2, 0.25) is 5.02 Å². The molecule has 8 nitrogen and oxygen atoms in total. The summed E-state index contributed by atoms with van der Waals surface area (Å²) in [4.78, 5) is 32.7. The standard InChI is InChI=1S/C18H19ClN6O2/c1-10-13(11(2)25-18(23-10)21-9-22-25)5-7-16(26)24-12-4-6-15(19)14(8-12)17(27)20-3/h4,6,8-9H,5,7H2,1-3H3,(H,20,27)(H,24,26). The van der Waals surface area contributed by atoms with Gasteiger partial charge in [0.25, 0.3) is 11.7 Å². The van der Waals surface area contributed by atoms with Crippen molar-refractivity contribution in [1.29, 1.82) is 0 Å². The van der Waals surface area contributed by atoms with E-state index in [0.717, 1.165) is 17.0 Å². The first-order valence-corrected chi connectivity index (χ1v) is 8.75. The normalized spacial score (nSPS) is 10.8. The molecule has 0 radical (unpaired) electrons. The maximum atomic E-state index is 12.4. The van der Waals surface area contributed by atoms with Gasteiger partial charge in [0.05, 0.1) is 10.6 Å². The van der Waals surface area contributed by atoms with E-state index in [2.05, 4.69) is 25.7 Å². The minimum Gasteiger partial charge on any atom is -0.355 e. The number of nitrogens with zero attached hydrogens (tertiary/aromatic N) is 4. The van der Waals surface area contributed by atoms with Crippen LogP contribution in [-0.4, -0.2) is 38.4 Å². The fraction of sp³-hybridized carbons (Fsp3) is 0.278. The molecule has 3 rings (SSSR count). The zero-order valence-corrected chi connectivity index (χ0v) is 16.0. The third kappa shape index (κ3) is 3.90. The molecule has 0 saturated heterocycles. The van der Waals surface area contributed by atoms with Crippen molar-refractivity contribution in [2.24, 2.45) is 0 Å². The Morgan fingerprint density at radius 3 is 2.78 bits per heavy atom. The topological polar surface area (TPSA) is 101 Å². The number of rotatable bonds is 5. The van der Waals surface area contributed by atoms with Gasteiger partial charge >= 0.3 is 0 Å². The van der Waals surface area contributed by atoms with E-state index >= 15 is 0 Å². The first kappa shape index (κ1) is 18.8. The fourth-order valence-electron chi connectivity index (χ4n) is 2.89. The number of amides is 2. The van der Waals surface area contributed by atoms with E-state index in [1.165, 1.54) is 13.4 Å². The number of halogens is 1. The van der Waals surface area contributed by atoms with Crippen molar-refractivity contribution in [3.8, 4) is 0 Å². The summed E-state index contributed by atoms with van der Waals surface area (Å²) in [5.74, 6) is 0.0633. The Labute approximate surface area is 161 Å². The molecule has 2 heterocycles. The Balaban J connectivity index is 1.71. The maximum Gasteiger partial charge on any atom is 0.252 e. The number of fused-ring (bicyclic) bond motifs is 1. The molecule has 0 atom stereocenters. The second-order valence-electron chi connectivity index (χ2n) is 6.05. The zero-order chi connectivity index (χ0) is 19.6. The third-order valence-corrected chi connectivity index (χ3v) is 4.64. The van der Waals surface area contributed by atoms with Gasteiger partial charge in [-0.3, -0.25) is 9.59 Å². The van der Waals surface area contributed by atoms with Crippen molar-refractivity contribution in [1.82, 2.24) is 24.9 Å². The monoisotopic (exact) mass is 386 g/mol. The number of benzene rings is 1. The molecule has 0 aliphatic heterocycles. The molecule has 27 heavy (non-hydrogen) atoms. The van der Waals surface area contributed by atoms with Crippen LogP contribution < -0.4 is 10.6 Å². The molecule has 2 amide bonds. The molecule has 2 aromatic heterocycles. The molecule has 9 heteroatoms. The summed E-state index contributed by atoms with van der Waals surface area (Å²) in [6.45, 7) is 3.82. The lowest BCUT2D eigenvalue weighted by Gasteiger charge is -2.11.